The second-order valence-electron chi connectivity index (χ2n) is 4.49. The molecule has 0 amide bonds. The molecule has 0 spiro atoms. The number of likely N-dealkylation sites (N-methyl/N-ethyl adjacent to an activating group) is 1. The summed E-state index contributed by atoms with van der Waals surface area (Å²) < 4.78 is 5.64. The minimum atomic E-state index is -0.0231. The van der Waals surface area contributed by atoms with E-state index in [-0.39, 0.29) is 5.54 Å². The minimum Gasteiger partial charge on any atom is -0.476 e. The maximum atomic E-state index is 5.64. The predicted octanol–water partition coefficient (Wildman–Crippen LogP) is 1.24. The van der Waals surface area contributed by atoms with Gasteiger partial charge < -0.3 is 15.0 Å². The van der Waals surface area contributed by atoms with Gasteiger partial charge in [-0.05, 0) is 27.9 Å². The number of aromatic nitrogens is 2. The second-order valence-corrected chi connectivity index (χ2v) is 4.49. The van der Waals surface area contributed by atoms with Crippen LogP contribution in [0.4, 0.5) is 5.82 Å². The van der Waals surface area contributed by atoms with Crippen LogP contribution in [0.2, 0.25) is 0 Å². The highest BCUT2D eigenvalue weighted by Gasteiger charge is 2.21. The lowest BCUT2D eigenvalue weighted by atomic mass is 10.1. The maximum Gasteiger partial charge on any atom is 0.218 e. The van der Waals surface area contributed by atoms with Crippen molar-refractivity contribution >= 4 is 5.82 Å². The fourth-order valence-corrected chi connectivity index (χ4v) is 0.935. The Bertz CT molecular complexity index is 339. The van der Waals surface area contributed by atoms with Crippen LogP contribution in [0, 0.1) is 0 Å². The van der Waals surface area contributed by atoms with E-state index in [1.807, 2.05) is 21.1 Å². The molecule has 0 aliphatic carbocycles. The highest BCUT2D eigenvalue weighted by atomic mass is 16.5. The van der Waals surface area contributed by atoms with Gasteiger partial charge in [-0.15, -0.1) is 0 Å². The molecule has 1 aromatic heterocycles. The monoisotopic (exact) mass is 224 g/mol. The molecule has 1 N–H and O–H groups in total. The smallest absolute Gasteiger partial charge is 0.218 e. The molecule has 1 aromatic rings. The van der Waals surface area contributed by atoms with Gasteiger partial charge in [0, 0.05) is 18.7 Å². The van der Waals surface area contributed by atoms with Crippen molar-refractivity contribution in [3.8, 4) is 5.88 Å². The average molecular weight is 224 g/mol. The topological polar surface area (TPSA) is 50.3 Å². The van der Waals surface area contributed by atoms with Crippen molar-refractivity contribution < 1.29 is 4.74 Å². The number of hydrogen-bond donors (Lipinski definition) is 1. The van der Waals surface area contributed by atoms with Crippen LogP contribution in [0.15, 0.2) is 12.4 Å². The molecule has 0 saturated carbocycles. The maximum absolute atomic E-state index is 5.64. The van der Waals surface area contributed by atoms with Crippen molar-refractivity contribution in [2.45, 2.75) is 19.4 Å². The lowest BCUT2D eigenvalue weighted by molar-refractivity contribution is 0.111. The highest BCUT2D eigenvalue weighted by Crippen LogP contribution is 2.15. The van der Waals surface area contributed by atoms with Gasteiger partial charge in [-0.3, -0.25) is 0 Å². The molecule has 1 rings (SSSR count). The van der Waals surface area contributed by atoms with Gasteiger partial charge in [0.25, 0.3) is 0 Å². The molecule has 90 valence electrons. The normalized spacial score (nSPS) is 11.6. The zero-order valence-corrected chi connectivity index (χ0v) is 10.6. The first-order chi connectivity index (χ1) is 7.45. The molecule has 0 aliphatic heterocycles. The van der Waals surface area contributed by atoms with E-state index in [9.17, 15) is 0 Å². The van der Waals surface area contributed by atoms with Crippen LogP contribution in [-0.4, -0.2) is 48.2 Å². The Morgan fingerprint density at radius 3 is 2.62 bits per heavy atom. The van der Waals surface area contributed by atoms with Gasteiger partial charge in [-0.2, -0.15) is 0 Å². The molecule has 0 atom stereocenters. The van der Waals surface area contributed by atoms with Crippen LogP contribution < -0.4 is 10.1 Å². The van der Waals surface area contributed by atoms with E-state index in [1.165, 1.54) is 6.33 Å². The molecular formula is C11H20N4O. The average Bonchev–Trinajstić information content (AvgIpc) is 2.26. The molecule has 0 fully saturated rings. The number of nitrogens with zero attached hydrogens (tertiary/aromatic N) is 3. The standard InChI is InChI=1S/C11H20N4O/c1-11(2,15(4)5)7-16-10-6-9(12-3)13-8-14-10/h6,8H,7H2,1-5H3,(H,12,13,14). The third-order valence-corrected chi connectivity index (χ3v) is 2.68. The van der Waals surface area contributed by atoms with Crippen molar-refractivity contribution in [1.29, 1.82) is 0 Å². The van der Waals surface area contributed by atoms with Crippen molar-refractivity contribution in [3.63, 3.8) is 0 Å². The van der Waals surface area contributed by atoms with Crippen molar-refractivity contribution in [2.24, 2.45) is 0 Å². The van der Waals surface area contributed by atoms with Crippen molar-refractivity contribution in [1.82, 2.24) is 14.9 Å². The Kier molecular flexibility index (Phi) is 4.06. The summed E-state index contributed by atoms with van der Waals surface area (Å²) in [5, 5.41) is 2.95. The van der Waals surface area contributed by atoms with E-state index in [4.69, 9.17) is 4.74 Å². The summed E-state index contributed by atoms with van der Waals surface area (Å²) in [5.41, 5.74) is -0.0231. The molecule has 0 saturated heterocycles. The fourth-order valence-electron chi connectivity index (χ4n) is 0.935. The molecule has 16 heavy (non-hydrogen) atoms. The van der Waals surface area contributed by atoms with Gasteiger partial charge in [0.1, 0.15) is 18.8 Å². The first-order valence-electron chi connectivity index (χ1n) is 5.26. The van der Waals surface area contributed by atoms with Crippen LogP contribution >= 0.6 is 0 Å². The molecule has 0 aliphatic rings. The first kappa shape index (κ1) is 12.7. The summed E-state index contributed by atoms with van der Waals surface area (Å²) in [7, 11) is 5.88. The minimum absolute atomic E-state index is 0.0231. The Hall–Kier alpha value is -1.36. The second kappa shape index (κ2) is 5.12. The number of ether oxygens (including phenoxy) is 1. The molecule has 0 radical (unpaired) electrons. The first-order valence-corrected chi connectivity index (χ1v) is 5.26. The third-order valence-electron chi connectivity index (χ3n) is 2.68. The number of hydrogen-bond acceptors (Lipinski definition) is 5. The largest absolute Gasteiger partial charge is 0.476 e. The zero-order chi connectivity index (χ0) is 12.2. The van der Waals surface area contributed by atoms with Crippen molar-refractivity contribution in [2.75, 3.05) is 33.1 Å². The van der Waals surface area contributed by atoms with Crippen LogP contribution in [0.5, 0.6) is 5.88 Å². The third kappa shape index (κ3) is 3.34. The van der Waals surface area contributed by atoms with E-state index in [2.05, 4.69) is 34.0 Å². The SMILES string of the molecule is CNc1cc(OCC(C)(C)N(C)C)ncn1. The number of anilines is 1. The fraction of sp³-hybridized carbons (Fsp3) is 0.636. The summed E-state index contributed by atoms with van der Waals surface area (Å²) in [6.45, 7) is 4.82. The van der Waals surface area contributed by atoms with Gasteiger partial charge in [0.2, 0.25) is 5.88 Å². The van der Waals surface area contributed by atoms with Gasteiger partial charge >= 0.3 is 0 Å². The van der Waals surface area contributed by atoms with Gasteiger partial charge in [0.15, 0.2) is 0 Å². The molecule has 0 bridgehead atoms. The summed E-state index contributed by atoms with van der Waals surface area (Å²) in [6.07, 6.45) is 1.49. The van der Waals surface area contributed by atoms with E-state index in [1.54, 1.807) is 6.07 Å². The summed E-state index contributed by atoms with van der Waals surface area (Å²) >= 11 is 0. The van der Waals surface area contributed by atoms with E-state index < -0.39 is 0 Å². The molecular weight excluding hydrogens is 204 g/mol. The van der Waals surface area contributed by atoms with E-state index in [0.717, 1.165) is 5.82 Å². The lowest BCUT2D eigenvalue weighted by Gasteiger charge is -2.31. The van der Waals surface area contributed by atoms with E-state index >= 15 is 0 Å². The van der Waals surface area contributed by atoms with Crippen molar-refractivity contribution in [3.05, 3.63) is 12.4 Å². The van der Waals surface area contributed by atoms with Gasteiger partial charge in [0.05, 0.1) is 0 Å². The van der Waals surface area contributed by atoms with Crippen LogP contribution in [0.25, 0.3) is 0 Å². The molecule has 0 unspecified atom stereocenters. The summed E-state index contributed by atoms with van der Waals surface area (Å²) in [4.78, 5) is 10.2. The Morgan fingerprint density at radius 2 is 2.06 bits per heavy atom. The molecule has 5 nitrogen and oxygen atoms in total. The van der Waals surface area contributed by atoms with Crippen LogP contribution in [0.1, 0.15) is 13.8 Å². The molecule has 5 heteroatoms. The lowest BCUT2D eigenvalue weighted by Crippen LogP contribution is -2.43. The number of rotatable bonds is 5. The summed E-state index contributed by atoms with van der Waals surface area (Å²) in [6, 6.07) is 1.78. The highest BCUT2D eigenvalue weighted by molar-refractivity contribution is 5.35. The summed E-state index contributed by atoms with van der Waals surface area (Å²) in [5.74, 6) is 1.35. The van der Waals surface area contributed by atoms with Crippen LogP contribution in [-0.2, 0) is 0 Å². The predicted molar refractivity (Wildman–Crippen MR) is 64.8 cm³/mol. The van der Waals surface area contributed by atoms with Gasteiger partial charge in [-0.25, -0.2) is 9.97 Å². The van der Waals surface area contributed by atoms with E-state index in [0.29, 0.717) is 12.5 Å². The number of nitrogens with one attached hydrogen (secondary N) is 1. The Balaban J connectivity index is 2.60. The zero-order valence-electron chi connectivity index (χ0n) is 10.6. The van der Waals surface area contributed by atoms with Crippen LogP contribution in [0.3, 0.4) is 0 Å². The Morgan fingerprint density at radius 1 is 1.38 bits per heavy atom. The van der Waals surface area contributed by atoms with Gasteiger partial charge in [-0.1, -0.05) is 0 Å². The molecule has 1 heterocycles. The Labute approximate surface area is 96.8 Å². The molecule has 0 aromatic carbocycles. The quantitative estimate of drug-likeness (QED) is 0.815.